The molecule has 5 rings (SSSR count). The zero-order valence-electron chi connectivity index (χ0n) is 17.6. The van der Waals surface area contributed by atoms with E-state index in [1.807, 2.05) is 29.2 Å². The first-order valence-corrected chi connectivity index (χ1v) is 11.4. The van der Waals surface area contributed by atoms with Crippen LogP contribution in [0.4, 0.5) is 11.4 Å². The minimum Gasteiger partial charge on any atom is -0.322 e. The molecule has 0 atom stereocenters. The summed E-state index contributed by atoms with van der Waals surface area (Å²) in [5.74, 6) is -0.452. The normalized spacial score (nSPS) is 12.2. The highest BCUT2D eigenvalue weighted by atomic mass is 32.1. The summed E-state index contributed by atoms with van der Waals surface area (Å²) in [6.07, 6.45) is 0.822. The average Bonchev–Trinajstić information content (AvgIpc) is 3.23. The zero-order chi connectivity index (χ0) is 22.8. The maximum absolute atomic E-state index is 13.5. The van der Waals surface area contributed by atoms with E-state index in [9.17, 15) is 14.9 Å². The van der Waals surface area contributed by atoms with E-state index in [1.165, 1.54) is 10.4 Å². The van der Waals surface area contributed by atoms with Gasteiger partial charge in [-0.15, -0.1) is 11.3 Å². The summed E-state index contributed by atoms with van der Waals surface area (Å²) in [6.45, 7) is 0.526. The number of amides is 2. The van der Waals surface area contributed by atoms with Crippen molar-refractivity contribution in [3.8, 4) is 6.07 Å². The van der Waals surface area contributed by atoms with Gasteiger partial charge in [0.1, 0.15) is 0 Å². The van der Waals surface area contributed by atoms with Crippen LogP contribution in [-0.2, 0) is 13.0 Å². The van der Waals surface area contributed by atoms with E-state index in [1.54, 1.807) is 59.9 Å². The number of hydrogen-bond acceptors (Lipinski definition) is 4. The number of nitrogens with one attached hydrogen (secondary N) is 1. The van der Waals surface area contributed by atoms with Gasteiger partial charge in [0.05, 0.1) is 23.7 Å². The monoisotopic (exact) mass is 449 g/mol. The van der Waals surface area contributed by atoms with Crippen molar-refractivity contribution in [2.75, 3.05) is 10.2 Å². The van der Waals surface area contributed by atoms with Crippen molar-refractivity contribution >= 4 is 34.5 Å². The van der Waals surface area contributed by atoms with Crippen LogP contribution in [-0.4, -0.2) is 11.8 Å². The molecule has 0 unspecified atom stereocenters. The van der Waals surface area contributed by atoms with Gasteiger partial charge in [0, 0.05) is 28.2 Å². The number of benzene rings is 3. The van der Waals surface area contributed by atoms with E-state index in [-0.39, 0.29) is 11.8 Å². The Kier molecular flexibility index (Phi) is 5.47. The Bertz CT molecular complexity index is 1400. The fourth-order valence-corrected chi connectivity index (χ4v) is 4.94. The predicted octanol–water partition coefficient (Wildman–Crippen LogP) is 5.62. The standard InChI is InChI=1S/C27H19N3O2S/c28-16-20-6-1-3-7-23(20)26(31)29-22-11-9-18(10-12-22)27(32)30-17-21-13-14-33-25(21)15-19-5-2-4-8-24(19)30/h1-14H,15,17H2,(H,29,31). The summed E-state index contributed by atoms with van der Waals surface area (Å²) in [5, 5.41) is 14.1. The molecule has 0 saturated heterocycles. The van der Waals surface area contributed by atoms with Gasteiger partial charge < -0.3 is 10.2 Å². The third-order valence-corrected chi connectivity index (χ3v) is 6.69. The summed E-state index contributed by atoms with van der Waals surface area (Å²) in [6, 6.07) is 25.6. The first-order valence-electron chi connectivity index (χ1n) is 10.5. The molecule has 2 amide bonds. The van der Waals surface area contributed by atoms with Crippen LogP contribution in [0.15, 0.2) is 84.2 Å². The molecular formula is C27H19N3O2S. The van der Waals surface area contributed by atoms with Crippen molar-refractivity contribution in [3.05, 3.63) is 117 Å². The molecule has 4 aromatic rings. The van der Waals surface area contributed by atoms with Gasteiger partial charge in [-0.3, -0.25) is 9.59 Å². The number of nitriles is 1. The fourth-order valence-electron chi connectivity index (χ4n) is 4.03. The van der Waals surface area contributed by atoms with Crippen molar-refractivity contribution in [1.82, 2.24) is 0 Å². The Balaban J connectivity index is 1.39. The van der Waals surface area contributed by atoms with Crippen molar-refractivity contribution in [2.24, 2.45) is 0 Å². The minimum absolute atomic E-state index is 0.0887. The molecule has 160 valence electrons. The van der Waals surface area contributed by atoms with Crippen molar-refractivity contribution in [1.29, 1.82) is 5.26 Å². The first kappa shape index (κ1) is 20.7. The molecule has 2 heterocycles. The molecule has 0 fully saturated rings. The van der Waals surface area contributed by atoms with Gasteiger partial charge in [-0.05, 0) is 65.0 Å². The second-order valence-electron chi connectivity index (χ2n) is 7.75. The topological polar surface area (TPSA) is 73.2 Å². The number of carbonyl (C=O) groups excluding carboxylic acids is 2. The minimum atomic E-state index is -0.363. The molecule has 5 nitrogen and oxygen atoms in total. The third kappa shape index (κ3) is 4.02. The van der Waals surface area contributed by atoms with Crippen molar-refractivity contribution in [2.45, 2.75) is 13.0 Å². The number of para-hydroxylation sites is 1. The Morgan fingerprint density at radius 2 is 1.67 bits per heavy atom. The van der Waals surface area contributed by atoms with E-state index in [0.717, 1.165) is 17.7 Å². The Morgan fingerprint density at radius 1 is 0.909 bits per heavy atom. The Morgan fingerprint density at radius 3 is 2.48 bits per heavy atom. The molecule has 1 aliphatic rings. The van der Waals surface area contributed by atoms with Crippen LogP contribution in [0.3, 0.4) is 0 Å². The molecular weight excluding hydrogens is 430 g/mol. The highest BCUT2D eigenvalue weighted by Gasteiger charge is 2.25. The molecule has 1 N–H and O–H groups in total. The van der Waals surface area contributed by atoms with E-state index in [0.29, 0.717) is 28.9 Å². The second-order valence-corrected chi connectivity index (χ2v) is 8.76. The number of carbonyl (C=O) groups is 2. The molecule has 1 aromatic heterocycles. The van der Waals surface area contributed by atoms with Gasteiger partial charge >= 0.3 is 0 Å². The molecule has 0 aliphatic carbocycles. The molecule has 6 heteroatoms. The van der Waals surface area contributed by atoms with Crippen molar-refractivity contribution in [3.63, 3.8) is 0 Å². The molecule has 0 bridgehead atoms. The maximum atomic E-state index is 13.5. The van der Waals surface area contributed by atoms with Crippen LogP contribution < -0.4 is 10.2 Å². The molecule has 3 aromatic carbocycles. The van der Waals surface area contributed by atoms with Crippen LogP contribution in [0.2, 0.25) is 0 Å². The number of hydrogen-bond donors (Lipinski definition) is 1. The number of anilines is 2. The van der Waals surface area contributed by atoms with Crippen LogP contribution in [0, 0.1) is 11.3 Å². The fraction of sp³-hybridized carbons (Fsp3) is 0.0741. The molecule has 33 heavy (non-hydrogen) atoms. The number of nitrogens with zero attached hydrogens (tertiary/aromatic N) is 2. The summed E-state index contributed by atoms with van der Waals surface area (Å²) in [7, 11) is 0. The summed E-state index contributed by atoms with van der Waals surface area (Å²) in [5.41, 5.74) is 4.95. The third-order valence-electron chi connectivity index (χ3n) is 5.73. The largest absolute Gasteiger partial charge is 0.322 e. The lowest BCUT2D eigenvalue weighted by atomic mass is 10.1. The van der Waals surface area contributed by atoms with Gasteiger partial charge in [-0.2, -0.15) is 5.26 Å². The van der Waals surface area contributed by atoms with Gasteiger partial charge in [0.25, 0.3) is 11.8 Å². The highest BCUT2D eigenvalue weighted by molar-refractivity contribution is 7.10. The predicted molar refractivity (Wildman–Crippen MR) is 130 cm³/mol. The Labute approximate surface area is 195 Å². The number of fused-ring (bicyclic) bond motifs is 2. The SMILES string of the molecule is N#Cc1ccccc1C(=O)Nc1ccc(C(=O)N2Cc3ccsc3Cc3ccccc32)cc1. The average molecular weight is 450 g/mol. The van der Waals surface area contributed by atoms with Crippen molar-refractivity contribution < 1.29 is 9.59 Å². The number of rotatable bonds is 3. The van der Waals surface area contributed by atoms with E-state index >= 15 is 0 Å². The summed E-state index contributed by atoms with van der Waals surface area (Å²) < 4.78 is 0. The lowest BCUT2D eigenvalue weighted by Gasteiger charge is -2.23. The van der Waals surface area contributed by atoms with E-state index < -0.39 is 0 Å². The highest BCUT2D eigenvalue weighted by Crippen LogP contribution is 2.34. The quantitative estimate of drug-likeness (QED) is 0.441. The molecule has 0 saturated carbocycles. The van der Waals surface area contributed by atoms with Gasteiger partial charge in [0.2, 0.25) is 0 Å². The van der Waals surface area contributed by atoms with E-state index in [2.05, 4.69) is 22.8 Å². The van der Waals surface area contributed by atoms with Gasteiger partial charge in [-0.1, -0.05) is 30.3 Å². The number of thiophene rings is 1. The van der Waals surface area contributed by atoms with Crippen LogP contribution >= 0.6 is 11.3 Å². The zero-order valence-corrected chi connectivity index (χ0v) is 18.4. The van der Waals surface area contributed by atoms with Gasteiger partial charge in [-0.25, -0.2) is 0 Å². The lowest BCUT2D eigenvalue weighted by Crippen LogP contribution is -2.30. The van der Waals surface area contributed by atoms with Crippen LogP contribution in [0.5, 0.6) is 0 Å². The first-order chi connectivity index (χ1) is 16.1. The Hall–Kier alpha value is -4.21. The summed E-state index contributed by atoms with van der Waals surface area (Å²) >= 11 is 1.72. The molecule has 0 spiro atoms. The molecule has 0 radical (unpaired) electrons. The lowest BCUT2D eigenvalue weighted by molar-refractivity contribution is 0.0984. The molecule has 1 aliphatic heterocycles. The van der Waals surface area contributed by atoms with Gasteiger partial charge in [0.15, 0.2) is 0 Å². The maximum Gasteiger partial charge on any atom is 0.258 e. The van der Waals surface area contributed by atoms with Crippen LogP contribution in [0.1, 0.15) is 42.3 Å². The second kappa shape index (κ2) is 8.73. The van der Waals surface area contributed by atoms with E-state index in [4.69, 9.17) is 0 Å². The van der Waals surface area contributed by atoms with Crippen LogP contribution in [0.25, 0.3) is 0 Å². The summed E-state index contributed by atoms with van der Waals surface area (Å²) in [4.78, 5) is 29.2. The smallest absolute Gasteiger partial charge is 0.258 e.